The van der Waals surface area contributed by atoms with Gasteiger partial charge in [-0.25, -0.2) is 4.79 Å². The Morgan fingerprint density at radius 2 is 1.96 bits per heavy atom. The monoisotopic (exact) mass is 350 g/mol. The molecule has 24 heavy (non-hydrogen) atoms. The van der Waals surface area contributed by atoms with Gasteiger partial charge in [-0.2, -0.15) is 0 Å². The van der Waals surface area contributed by atoms with Gasteiger partial charge in [-0.3, -0.25) is 14.9 Å². The Bertz CT molecular complexity index is 773. The lowest BCUT2D eigenvalue weighted by molar-refractivity contribution is -0.380. The quantitative estimate of drug-likeness (QED) is 0.487. The molecule has 1 aromatic heterocycles. The number of nitrogens with zero attached hydrogens (tertiary/aromatic N) is 1. The maximum absolute atomic E-state index is 12.1. The molecule has 8 nitrogen and oxygen atoms in total. The zero-order chi connectivity index (χ0) is 17.7. The maximum Gasteiger partial charge on any atom is 0.349 e. The minimum absolute atomic E-state index is 0.0543. The number of rotatable bonds is 6. The van der Waals surface area contributed by atoms with Gasteiger partial charge < -0.3 is 14.8 Å². The molecular weight excluding hydrogens is 336 g/mol. The van der Waals surface area contributed by atoms with E-state index < -0.39 is 22.9 Å². The van der Waals surface area contributed by atoms with Crippen LogP contribution in [0.4, 0.5) is 10.7 Å². The average Bonchev–Trinajstić information content (AvgIpc) is 3.05. The number of thiophene rings is 1. The first-order valence-electron chi connectivity index (χ1n) is 6.81. The van der Waals surface area contributed by atoms with Crippen LogP contribution in [0, 0.1) is 10.1 Å². The number of nitro groups is 1. The molecule has 0 aliphatic heterocycles. The number of para-hydroxylation sites is 2. The number of methoxy groups -OCH3 is 1. The van der Waals surface area contributed by atoms with E-state index in [1.165, 1.54) is 26.2 Å². The smallest absolute Gasteiger partial charge is 0.349 e. The van der Waals surface area contributed by atoms with Crippen LogP contribution in [0.2, 0.25) is 0 Å². The second-order valence-corrected chi connectivity index (χ2v) is 5.69. The van der Waals surface area contributed by atoms with Crippen LogP contribution >= 0.6 is 11.3 Å². The SMILES string of the molecule is COc1ccccc1NC(=O)C(C)OC(=O)c1ccc([N+](=O)[O-])s1. The molecule has 0 saturated carbocycles. The van der Waals surface area contributed by atoms with Gasteiger partial charge in [0.25, 0.3) is 5.91 Å². The van der Waals surface area contributed by atoms with E-state index in [0.717, 1.165) is 0 Å². The van der Waals surface area contributed by atoms with Crippen molar-refractivity contribution in [1.29, 1.82) is 0 Å². The Balaban J connectivity index is 2.00. The first-order valence-corrected chi connectivity index (χ1v) is 7.63. The summed E-state index contributed by atoms with van der Waals surface area (Å²) in [6, 6.07) is 9.29. The zero-order valence-electron chi connectivity index (χ0n) is 12.8. The van der Waals surface area contributed by atoms with Crippen LogP contribution in [-0.2, 0) is 9.53 Å². The van der Waals surface area contributed by atoms with E-state index in [0.29, 0.717) is 22.8 Å². The summed E-state index contributed by atoms with van der Waals surface area (Å²) in [4.78, 5) is 34.1. The zero-order valence-corrected chi connectivity index (χ0v) is 13.7. The van der Waals surface area contributed by atoms with Gasteiger partial charge in [-0.1, -0.05) is 23.5 Å². The summed E-state index contributed by atoms with van der Waals surface area (Å²) in [7, 11) is 1.47. The lowest BCUT2D eigenvalue weighted by Crippen LogP contribution is -2.29. The Morgan fingerprint density at radius 3 is 2.58 bits per heavy atom. The Hall–Kier alpha value is -2.94. The van der Waals surface area contributed by atoms with Crippen LogP contribution in [0.1, 0.15) is 16.6 Å². The van der Waals surface area contributed by atoms with E-state index in [2.05, 4.69) is 5.32 Å². The maximum atomic E-state index is 12.1. The Labute approximate surface area is 141 Å². The highest BCUT2D eigenvalue weighted by atomic mass is 32.1. The van der Waals surface area contributed by atoms with Crippen molar-refractivity contribution < 1.29 is 24.0 Å². The molecule has 0 aliphatic rings. The molecule has 1 N–H and O–H groups in total. The molecular formula is C15H14N2O6S. The van der Waals surface area contributed by atoms with Crippen LogP contribution in [0.15, 0.2) is 36.4 Å². The minimum Gasteiger partial charge on any atom is -0.495 e. The largest absolute Gasteiger partial charge is 0.495 e. The van der Waals surface area contributed by atoms with Crippen molar-refractivity contribution in [2.75, 3.05) is 12.4 Å². The molecule has 9 heteroatoms. The Kier molecular flexibility index (Phi) is 5.48. The summed E-state index contributed by atoms with van der Waals surface area (Å²) in [6.07, 6.45) is -1.08. The van der Waals surface area contributed by atoms with E-state index in [1.807, 2.05) is 0 Å². The number of ether oxygens (including phenoxy) is 2. The molecule has 0 spiro atoms. The van der Waals surface area contributed by atoms with Crippen molar-refractivity contribution in [3.05, 3.63) is 51.4 Å². The average molecular weight is 350 g/mol. The lowest BCUT2D eigenvalue weighted by Gasteiger charge is -2.14. The first-order chi connectivity index (χ1) is 11.4. The lowest BCUT2D eigenvalue weighted by atomic mass is 10.2. The van der Waals surface area contributed by atoms with Crippen molar-refractivity contribution in [1.82, 2.24) is 0 Å². The fourth-order valence-corrected chi connectivity index (χ4v) is 2.49. The summed E-state index contributed by atoms with van der Waals surface area (Å²) >= 11 is 0.688. The molecule has 0 radical (unpaired) electrons. The van der Waals surface area contributed by atoms with Crippen molar-refractivity contribution in [2.45, 2.75) is 13.0 Å². The number of esters is 1. The second kappa shape index (κ2) is 7.55. The summed E-state index contributed by atoms with van der Waals surface area (Å²) < 4.78 is 10.1. The van der Waals surface area contributed by atoms with Crippen LogP contribution < -0.4 is 10.1 Å². The number of hydrogen-bond acceptors (Lipinski definition) is 7. The predicted molar refractivity (Wildman–Crippen MR) is 87.5 cm³/mol. The molecule has 126 valence electrons. The molecule has 1 heterocycles. The molecule has 2 rings (SSSR count). The van der Waals surface area contributed by atoms with Gasteiger partial charge in [-0.15, -0.1) is 0 Å². The standard InChI is InChI=1S/C15H14N2O6S/c1-9(14(18)16-10-5-3-4-6-11(10)22-2)23-15(19)12-7-8-13(24-12)17(20)21/h3-9H,1-2H3,(H,16,18). The van der Waals surface area contributed by atoms with Crippen LogP contribution in [0.3, 0.4) is 0 Å². The van der Waals surface area contributed by atoms with Crippen LogP contribution in [0.5, 0.6) is 5.75 Å². The third-order valence-corrected chi connectivity index (χ3v) is 4.01. The predicted octanol–water partition coefficient (Wildman–Crippen LogP) is 2.85. The second-order valence-electron chi connectivity index (χ2n) is 4.63. The van der Waals surface area contributed by atoms with Gasteiger partial charge in [0.15, 0.2) is 6.10 Å². The number of carbonyl (C=O) groups excluding carboxylic acids is 2. The van der Waals surface area contributed by atoms with E-state index in [1.54, 1.807) is 24.3 Å². The first kappa shape index (κ1) is 17.4. The van der Waals surface area contributed by atoms with E-state index in [9.17, 15) is 19.7 Å². The van der Waals surface area contributed by atoms with Crippen molar-refractivity contribution in [3.63, 3.8) is 0 Å². The summed E-state index contributed by atoms with van der Waals surface area (Å²) in [5.74, 6) is -0.868. The third-order valence-electron chi connectivity index (χ3n) is 2.99. The number of amides is 1. The van der Waals surface area contributed by atoms with Crippen molar-refractivity contribution in [3.8, 4) is 5.75 Å². The molecule has 1 atom stereocenters. The fraction of sp³-hybridized carbons (Fsp3) is 0.200. The topological polar surface area (TPSA) is 108 Å². The molecule has 0 bridgehead atoms. The molecule has 0 fully saturated rings. The van der Waals surface area contributed by atoms with Crippen molar-refractivity contribution in [2.24, 2.45) is 0 Å². The highest BCUT2D eigenvalue weighted by molar-refractivity contribution is 7.17. The molecule has 1 unspecified atom stereocenters. The van der Waals surface area contributed by atoms with Gasteiger partial charge >= 0.3 is 11.0 Å². The van der Waals surface area contributed by atoms with Gasteiger partial charge in [0.1, 0.15) is 10.6 Å². The normalized spacial score (nSPS) is 11.4. The number of benzene rings is 1. The fourth-order valence-electron chi connectivity index (χ4n) is 1.79. The number of nitrogens with one attached hydrogen (secondary N) is 1. The van der Waals surface area contributed by atoms with Gasteiger partial charge in [0, 0.05) is 6.07 Å². The Morgan fingerprint density at radius 1 is 1.25 bits per heavy atom. The van der Waals surface area contributed by atoms with Crippen LogP contribution in [-0.4, -0.2) is 30.0 Å². The molecule has 0 saturated heterocycles. The molecule has 0 aliphatic carbocycles. The molecule has 2 aromatic rings. The summed E-state index contributed by atoms with van der Waals surface area (Å²) in [5.41, 5.74) is 0.444. The van der Waals surface area contributed by atoms with E-state index in [-0.39, 0.29) is 9.88 Å². The van der Waals surface area contributed by atoms with Gasteiger partial charge in [0.05, 0.1) is 17.7 Å². The minimum atomic E-state index is -1.08. The van der Waals surface area contributed by atoms with E-state index in [4.69, 9.17) is 9.47 Å². The van der Waals surface area contributed by atoms with Gasteiger partial charge in [0.2, 0.25) is 0 Å². The number of carbonyl (C=O) groups is 2. The highest BCUT2D eigenvalue weighted by Crippen LogP contribution is 2.25. The van der Waals surface area contributed by atoms with Crippen molar-refractivity contribution >= 4 is 33.9 Å². The number of anilines is 1. The summed E-state index contributed by atoms with van der Waals surface area (Å²) in [6.45, 7) is 1.41. The highest BCUT2D eigenvalue weighted by Gasteiger charge is 2.22. The molecule has 1 amide bonds. The molecule has 1 aromatic carbocycles. The third kappa shape index (κ3) is 4.07. The van der Waals surface area contributed by atoms with E-state index >= 15 is 0 Å². The van der Waals surface area contributed by atoms with Crippen LogP contribution in [0.25, 0.3) is 0 Å². The summed E-state index contributed by atoms with van der Waals surface area (Å²) in [5, 5.41) is 13.0. The van der Waals surface area contributed by atoms with Gasteiger partial charge in [-0.05, 0) is 25.1 Å². The number of hydrogen-bond donors (Lipinski definition) is 1.